The number of likely N-dealkylation sites (tertiary alicyclic amines) is 1. The Labute approximate surface area is 120 Å². The molecule has 0 bridgehead atoms. The molecular weight excluding hydrogens is 254 g/mol. The number of amides is 1. The molecule has 110 valence electrons. The van der Waals surface area contributed by atoms with Crippen LogP contribution in [0.2, 0.25) is 0 Å². The second-order valence-corrected chi connectivity index (χ2v) is 5.53. The lowest BCUT2D eigenvalue weighted by Gasteiger charge is -2.29. The predicted octanol–water partition coefficient (Wildman–Crippen LogP) is 2.06. The molecule has 1 amide bonds. The second kappa shape index (κ2) is 6.75. The van der Waals surface area contributed by atoms with Crippen LogP contribution in [-0.2, 0) is 4.79 Å². The Morgan fingerprint density at radius 3 is 2.45 bits per heavy atom. The van der Waals surface area contributed by atoms with E-state index < -0.39 is 0 Å². The highest BCUT2D eigenvalue weighted by Gasteiger charge is 2.20. The highest BCUT2D eigenvalue weighted by atomic mass is 16.5. The van der Waals surface area contributed by atoms with Crippen LogP contribution >= 0.6 is 0 Å². The van der Waals surface area contributed by atoms with Gasteiger partial charge >= 0.3 is 0 Å². The number of aliphatic hydroxyl groups excluding tert-OH is 1. The quantitative estimate of drug-likeness (QED) is 0.916. The molecule has 1 heterocycles. The molecule has 4 heteroatoms. The number of aryl methyl sites for hydroxylation is 2. The van der Waals surface area contributed by atoms with Crippen LogP contribution in [0.15, 0.2) is 18.2 Å². The maximum atomic E-state index is 12.0. The van der Waals surface area contributed by atoms with E-state index in [0.717, 1.165) is 16.9 Å². The smallest absolute Gasteiger partial charge is 0.226 e. The molecule has 0 aromatic heterocycles. The molecule has 0 unspecified atom stereocenters. The summed E-state index contributed by atoms with van der Waals surface area (Å²) in [6, 6.07) is 6.06. The second-order valence-electron chi connectivity index (χ2n) is 5.53. The molecule has 2 rings (SSSR count). The average Bonchev–Trinajstić information content (AvgIpc) is 2.38. The van der Waals surface area contributed by atoms with E-state index in [-0.39, 0.29) is 12.0 Å². The largest absolute Gasteiger partial charge is 0.493 e. The maximum absolute atomic E-state index is 12.0. The van der Waals surface area contributed by atoms with Gasteiger partial charge in [0.25, 0.3) is 0 Å². The van der Waals surface area contributed by atoms with E-state index in [1.807, 2.05) is 30.9 Å². The van der Waals surface area contributed by atoms with Crippen LogP contribution in [0.1, 0.15) is 30.4 Å². The van der Waals surface area contributed by atoms with Gasteiger partial charge in [-0.1, -0.05) is 6.07 Å². The Balaban J connectivity index is 1.76. The van der Waals surface area contributed by atoms with E-state index in [0.29, 0.717) is 39.0 Å². The monoisotopic (exact) mass is 277 g/mol. The number of carbonyl (C=O) groups excluding carboxylic acids is 1. The maximum Gasteiger partial charge on any atom is 0.226 e. The van der Waals surface area contributed by atoms with Crippen LogP contribution < -0.4 is 4.74 Å². The zero-order chi connectivity index (χ0) is 14.5. The zero-order valence-corrected chi connectivity index (χ0v) is 12.3. The minimum absolute atomic E-state index is 0.112. The van der Waals surface area contributed by atoms with E-state index in [9.17, 15) is 9.90 Å². The molecule has 1 saturated heterocycles. The Morgan fingerprint density at radius 2 is 1.85 bits per heavy atom. The number of aliphatic hydroxyl groups is 1. The van der Waals surface area contributed by atoms with E-state index in [4.69, 9.17) is 4.74 Å². The molecule has 4 nitrogen and oxygen atoms in total. The fraction of sp³-hybridized carbons (Fsp3) is 0.562. The van der Waals surface area contributed by atoms with Gasteiger partial charge in [-0.25, -0.2) is 0 Å². The standard InChI is InChI=1S/C16H23NO3/c1-12-9-13(2)11-15(10-12)20-8-5-16(19)17-6-3-14(18)4-7-17/h9-11,14,18H,3-8H2,1-2H3. The van der Waals surface area contributed by atoms with Crippen molar-refractivity contribution in [2.45, 2.75) is 39.2 Å². The van der Waals surface area contributed by atoms with Gasteiger partial charge in [-0.15, -0.1) is 0 Å². The fourth-order valence-electron chi connectivity index (χ4n) is 2.55. The summed E-state index contributed by atoms with van der Waals surface area (Å²) in [7, 11) is 0. The lowest BCUT2D eigenvalue weighted by Crippen LogP contribution is -2.40. The number of hydrogen-bond donors (Lipinski definition) is 1. The average molecular weight is 277 g/mol. The van der Waals surface area contributed by atoms with Gasteiger partial charge in [-0.2, -0.15) is 0 Å². The Hall–Kier alpha value is -1.55. The summed E-state index contributed by atoms with van der Waals surface area (Å²) in [5.41, 5.74) is 2.33. The van der Waals surface area contributed by atoms with Crippen molar-refractivity contribution < 1.29 is 14.6 Å². The van der Waals surface area contributed by atoms with Gasteiger partial charge in [-0.05, 0) is 49.9 Å². The fourth-order valence-corrected chi connectivity index (χ4v) is 2.55. The van der Waals surface area contributed by atoms with Gasteiger partial charge in [0.1, 0.15) is 5.75 Å². The van der Waals surface area contributed by atoms with Crippen molar-refractivity contribution >= 4 is 5.91 Å². The van der Waals surface area contributed by atoms with E-state index >= 15 is 0 Å². The van der Waals surface area contributed by atoms with Crippen molar-refractivity contribution in [3.05, 3.63) is 29.3 Å². The number of hydrogen-bond acceptors (Lipinski definition) is 3. The molecule has 1 aromatic carbocycles. The third-order valence-corrected chi connectivity index (χ3v) is 3.60. The van der Waals surface area contributed by atoms with E-state index in [1.54, 1.807) is 0 Å². The summed E-state index contributed by atoms with van der Waals surface area (Å²) >= 11 is 0. The Kier molecular flexibility index (Phi) is 5.01. The molecule has 0 spiro atoms. The normalized spacial score (nSPS) is 16.2. The summed E-state index contributed by atoms with van der Waals surface area (Å²) in [4.78, 5) is 13.8. The van der Waals surface area contributed by atoms with Gasteiger partial charge in [0.2, 0.25) is 5.91 Å². The number of ether oxygens (including phenoxy) is 1. The lowest BCUT2D eigenvalue weighted by molar-refractivity contribution is -0.133. The third kappa shape index (κ3) is 4.23. The first-order valence-electron chi connectivity index (χ1n) is 7.21. The predicted molar refractivity (Wildman–Crippen MR) is 77.8 cm³/mol. The molecular formula is C16H23NO3. The summed E-state index contributed by atoms with van der Waals surface area (Å²) in [6.07, 6.45) is 1.52. The number of nitrogens with zero attached hydrogens (tertiary/aromatic N) is 1. The molecule has 1 N–H and O–H groups in total. The van der Waals surface area contributed by atoms with Crippen LogP contribution in [0, 0.1) is 13.8 Å². The molecule has 0 atom stereocenters. The SMILES string of the molecule is Cc1cc(C)cc(OCCC(=O)N2CCC(O)CC2)c1. The number of carbonyl (C=O) groups is 1. The van der Waals surface area contributed by atoms with Crippen LogP contribution in [0.3, 0.4) is 0 Å². The molecule has 1 aromatic rings. The van der Waals surface area contributed by atoms with Crippen molar-refractivity contribution in [2.24, 2.45) is 0 Å². The Morgan fingerprint density at radius 1 is 1.25 bits per heavy atom. The highest BCUT2D eigenvalue weighted by molar-refractivity contribution is 5.76. The van der Waals surface area contributed by atoms with Crippen LogP contribution in [0.5, 0.6) is 5.75 Å². The first-order valence-corrected chi connectivity index (χ1v) is 7.21. The van der Waals surface area contributed by atoms with E-state index in [1.165, 1.54) is 0 Å². The van der Waals surface area contributed by atoms with Gasteiger partial charge in [-0.3, -0.25) is 4.79 Å². The van der Waals surface area contributed by atoms with Crippen LogP contribution in [0.4, 0.5) is 0 Å². The zero-order valence-electron chi connectivity index (χ0n) is 12.3. The van der Waals surface area contributed by atoms with E-state index in [2.05, 4.69) is 6.07 Å². The molecule has 0 aliphatic carbocycles. The van der Waals surface area contributed by atoms with Crippen molar-refractivity contribution in [3.63, 3.8) is 0 Å². The molecule has 1 aliphatic rings. The van der Waals surface area contributed by atoms with Crippen molar-refractivity contribution in [3.8, 4) is 5.75 Å². The molecule has 20 heavy (non-hydrogen) atoms. The van der Waals surface area contributed by atoms with Crippen LogP contribution in [-0.4, -0.2) is 41.7 Å². The third-order valence-electron chi connectivity index (χ3n) is 3.60. The molecule has 1 fully saturated rings. The van der Waals surface area contributed by atoms with Crippen molar-refractivity contribution in [2.75, 3.05) is 19.7 Å². The minimum Gasteiger partial charge on any atom is -0.493 e. The van der Waals surface area contributed by atoms with Gasteiger partial charge in [0, 0.05) is 13.1 Å². The summed E-state index contributed by atoms with van der Waals surface area (Å²) in [5.74, 6) is 0.936. The number of rotatable bonds is 4. The number of benzene rings is 1. The summed E-state index contributed by atoms with van der Waals surface area (Å²) in [6.45, 7) is 5.78. The summed E-state index contributed by atoms with van der Waals surface area (Å²) in [5, 5.41) is 9.42. The summed E-state index contributed by atoms with van der Waals surface area (Å²) < 4.78 is 5.65. The number of piperidine rings is 1. The highest BCUT2D eigenvalue weighted by Crippen LogP contribution is 2.17. The van der Waals surface area contributed by atoms with Gasteiger partial charge in [0.15, 0.2) is 0 Å². The van der Waals surface area contributed by atoms with Crippen molar-refractivity contribution in [1.82, 2.24) is 4.90 Å². The Bertz CT molecular complexity index is 445. The van der Waals surface area contributed by atoms with Crippen molar-refractivity contribution in [1.29, 1.82) is 0 Å². The first kappa shape index (κ1) is 14.9. The topological polar surface area (TPSA) is 49.8 Å². The first-order chi connectivity index (χ1) is 9.54. The lowest BCUT2D eigenvalue weighted by atomic mass is 10.1. The molecule has 0 saturated carbocycles. The van der Waals surface area contributed by atoms with Gasteiger partial charge in [0.05, 0.1) is 19.1 Å². The van der Waals surface area contributed by atoms with Gasteiger partial charge < -0.3 is 14.7 Å². The molecule has 0 radical (unpaired) electrons. The van der Waals surface area contributed by atoms with Crippen LogP contribution in [0.25, 0.3) is 0 Å². The minimum atomic E-state index is -0.245. The molecule has 1 aliphatic heterocycles.